The Morgan fingerprint density at radius 2 is 2.06 bits per heavy atom. The number of furan rings is 1. The highest BCUT2D eigenvalue weighted by Gasteiger charge is 2.51. The summed E-state index contributed by atoms with van der Waals surface area (Å²) in [5.41, 5.74) is 1.38. The van der Waals surface area contributed by atoms with Gasteiger partial charge < -0.3 is 24.1 Å². The molecule has 8 heteroatoms. The highest BCUT2D eigenvalue weighted by molar-refractivity contribution is 5.92. The van der Waals surface area contributed by atoms with Gasteiger partial charge in [0.15, 0.2) is 11.6 Å². The Hall–Kier alpha value is -3.55. The van der Waals surface area contributed by atoms with Crippen molar-refractivity contribution in [3.63, 3.8) is 0 Å². The first kappa shape index (κ1) is 20.4. The predicted octanol–water partition coefficient (Wildman–Crippen LogP) is 2.86. The molecular weight excluding hydrogens is 406 g/mol. The van der Waals surface area contributed by atoms with Crippen LogP contribution in [0.1, 0.15) is 42.3 Å². The number of anilines is 1. The van der Waals surface area contributed by atoms with E-state index in [-0.39, 0.29) is 24.4 Å². The molecule has 0 aliphatic carbocycles. The Kier molecular flexibility index (Phi) is 4.80. The number of rotatable bonds is 4. The molecule has 1 saturated heterocycles. The van der Waals surface area contributed by atoms with E-state index in [1.54, 1.807) is 18.3 Å². The fourth-order valence-electron chi connectivity index (χ4n) is 4.95. The van der Waals surface area contributed by atoms with Crippen LogP contribution in [0, 0.1) is 6.92 Å². The van der Waals surface area contributed by atoms with Crippen molar-refractivity contribution in [3.05, 3.63) is 66.0 Å². The molecule has 3 aromatic heterocycles. The van der Waals surface area contributed by atoms with Gasteiger partial charge in [-0.1, -0.05) is 0 Å². The molecule has 2 amide bonds. The summed E-state index contributed by atoms with van der Waals surface area (Å²) in [6.45, 7) is 6.94. The first-order valence-corrected chi connectivity index (χ1v) is 10.9. The first-order chi connectivity index (χ1) is 15.4. The second-order valence-electron chi connectivity index (χ2n) is 8.84. The number of aryl methyl sites for hydroxylation is 1. The topological polar surface area (TPSA) is 83.6 Å². The minimum atomic E-state index is -0.537. The summed E-state index contributed by atoms with van der Waals surface area (Å²) in [4.78, 5) is 34.6. The van der Waals surface area contributed by atoms with Gasteiger partial charge in [0.2, 0.25) is 5.91 Å². The number of carbonyl (C=O) groups excluding carboxylic acids is 2. The number of likely N-dealkylation sites (tertiary alicyclic amines) is 1. The van der Waals surface area contributed by atoms with Crippen LogP contribution in [0.15, 0.2) is 53.2 Å². The van der Waals surface area contributed by atoms with Gasteiger partial charge in [-0.25, -0.2) is 4.98 Å². The highest BCUT2D eigenvalue weighted by atomic mass is 16.3. The summed E-state index contributed by atoms with van der Waals surface area (Å²) < 4.78 is 7.68. The lowest BCUT2D eigenvalue weighted by Gasteiger charge is -2.46. The molecule has 5 rings (SSSR count). The van der Waals surface area contributed by atoms with Gasteiger partial charge in [0.05, 0.1) is 24.5 Å². The Bertz CT molecular complexity index is 1180. The van der Waals surface area contributed by atoms with Crippen LogP contribution in [-0.2, 0) is 10.3 Å². The van der Waals surface area contributed by atoms with E-state index in [4.69, 9.17) is 4.42 Å². The van der Waals surface area contributed by atoms with E-state index in [1.807, 2.05) is 50.1 Å². The Morgan fingerprint density at radius 1 is 1.22 bits per heavy atom. The maximum absolute atomic E-state index is 13.2. The number of nitrogens with zero attached hydrogens (tertiary/aromatic N) is 4. The third kappa shape index (κ3) is 3.18. The molecule has 1 fully saturated rings. The zero-order chi connectivity index (χ0) is 22.5. The maximum atomic E-state index is 13.2. The van der Waals surface area contributed by atoms with Crippen molar-refractivity contribution < 1.29 is 14.0 Å². The SMILES string of the molecule is Cc1ccc(C(=O)N2CCC3(C2)c2cccn2-c2ncccc2N3CC(=O)NC(C)C)o1. The first-order valence-electron chi connectivity index (χ1n) is 10.9. The summed E-state index contributed by atoms with van der Waals surface area (Å²) in [5, 5.41) is 3.00. The summed E-state index contributed by atoms with van der Waals surface area (Å²) in [6.07, 6.45) is 4.46. The lowest BCUT2D eigenvalue weighted by molar-refractivity contribution is -0.120. The minimum Gasteiger partial charge on any atom is -0.456 e. The third-order valence-corrected chi connectivity index (χ3v) is 6.26. The fourth-order valence-corrected chi connectivity index (χ4v) is 4.95. The van der Waals surface area contributed by atoms with Gasteiger partial charge in [-0.05, 0) is 63.6 Å². The quantitative estimate of drug-likeness (QED) is 0.684. The smallest absolute Gasteiger partial charge is 0.289 e. The van der Waals surface area contributed by atoms with E-state index >= 15 is 0 Å². The van der Waals surface area contributed by atoms with Crippen LogP contribution in [0.4, 0.5) is 5.69 Å². The lowest BCUT2D eigenvalue weighted by atomic mass is 9.88. The summed E-state index contributed by atoms with van der Waals surface area (Å²) in [6, 6.07) is 11.5. The van der Waals surface area contributed by atoms with Gasteiger partial charge in [-0.2, -0.15) is 0 Å². The molecule has 166 valence electrons. The zero-order valence-corrected chi connectivity index (χ0v) is 18.5. The van der Waals surface area contributed by atoms with Gasteiger partial charge in [0.25, 0.3) is 5.91 Å². The van der Waals surface area contributed by atoms with Crippen LogP contribution in [0.3, 0.4) is 0 Å². The van der Waals surface area contributed by atoms with E-state index in [0.717, 1.165) is 17.2 Å². The molecule has 0 bridgehead atoms. The standard InChI is InChI=1S/C24H27N5O3/c1-16(2)26-21(30)14-29-18-6-4-11-25-22(18)28-12-5-7-20(28)24(29)10-13-27(15-24)23(31)19-9-8-17(3)32-19/h4-9,11-12,16H,10,13-15H2,1-3H3,(H,26,30). The predicted molar refractivity (Wildman–Crippen MR) is 120 cm³/mol. The van der Waals surface area contributed by atoms with Crippen LogP contribution >= 0.6 is 0 Å². The largest absolute Gasteiger partial charge is 0.456 e. The fraction of sp³-hybridized carbons (Fsp3) is 0.375. The highest BCUT2D eigenvalue weighted by Crippen LogP contribution is 2.47. The number of fused-ring (bicyclic) bond motifs is 4. The van der Waals surface area contributed by atoms with Crippen molar-refractivity contribution in [1.82, 2.24) is 19.8 Å². The average Bonchev–Trinajstić information content (AvgIpc) is 3.50. The number of nitrogens with one attached hydrogen (secondary N) is 1. The van der Waals surface area contributed by atoms with Crippen LogP contribution in [0.25, 0.3) is 5.82 Å². The van der Waals surface area contributed by atoms with Crippen molar-refractivity contribution in [1.29, 1.82) is 0 Å². The van der Waals surface area contributed by atoms with Gasteiger partial charge in [0, 0.05) is 25.0 Å². The van der Waals surface area contributed by atoms with Gasteiger partial charge in [-0.15, -0.1) is 0 Å². The summed E-state index contributed by atoms with van der Waals surface area (Å²) >= 11 is 0. The molecule has 2 aliphatic rings. The third-order valence-electron chi connectivity index (χ3n) is 6.26. The molecule has 0 saturated carbocycles. The molecule has 3 aromatic rings. The van der Waals surface area contributed by atoms with Crippen LogP contribution in [0.5, 0.6) is 0 Å². The van der Waals surface area contributed by atoms with Gasteiger partial charge >= 0.3 is 0 Å². The van der Waals surface area contributed by atoms with Crippen LogP contribution in [0.2, 0.25) is 0 Å². The molecule has 1 spiro atoms. The zero-order valence-electron chi connectivity index (χ0n) is 18.5. The molecule has 1 unspecified atom stereocenters. The number of carbonyl (C=O) groups is 2. The molecule has 0 radical (unpaired) electrons. The Labute approximate surface area is 186 Å². The van der Waals surface area contributed by atoms with E-state index in [0.29, 0.717) is 31.0 Å². The van der Waals surface area contributed by atoms with E-state index in [1.165, 1.54) is 0 Å². The second-order valence-corrected chi connectivity index (χ2v) is 8.84. The van der Waals surface area contributed by atoms with Crippen molar-refractivity contribution >= 4 is 17.5 Å². The van der Waals surface area contributed by atoms with Gasteiger partial charge in [-0.3, -0.25) is 9.59 Å². The molecule has 2 aliphatic heterocycles. The van der Waals surface area contributed by atoms with E-state index < -0.39 is 5.54 Å². The maximum Gasteiger partial charge on any atom is 0.289 e. The molecule has 1 N–H and O–H groups in total. The van der Waals surface area contributed by atoms with Crippen molar-refractivity contribution in [2.24, 2.45) is 0 Å². The Morgan fingerprint density at radius 3 is 2.81 bits per heavy atom. The van der Waals surface area contributed by atoms with Gasteiger partial charge in [0.1, 0.15) is 11.3 Å². The number of amides is 2. The van der Waals surface area contributed by atoms with E-state index in [2.05, 4.69) is 25.8 Å². The number of hydrogen-bond donors (Lipinski definition) is 1. The summed E-state index contributed by atoms with van der Waals surface area (Å²) in [5.74, 6) is 1.66. The molecule has 8 nitrogen and oxygen atoms in total. The molecule has 0 aromatic carbocycles. The number of hydrogen-bond acceptors (Lipinski definition) is 5. The number of pyridine rings is 1. The summed E-state index contributed by atoms with van der Waals surface area (Å²) in [7, 11) is 0. The van der Waals surface area contributed by atoms with E-state index in [9.17, 15) is 9.59 Å². The monoisotopic (exact) mass is 433 g/mol. The lowest BCUT2D eigenvalue weighted by Crippen LogP contribution is -2.56. The molecule has 32 heavy (non-hydrogen) atoms. The second kappa shape index (κ2) is 7.55. The van der Waals surface area contributed by atoms with Crippen LogP contribution < -0.4 is 10.2 Å². The number of aromatic nitrogens is 2. The van der Waals surface area contributed by atoms with Crippen molar-refractivity contribution in [2.45, 2.75) is 38.8 Å². The van der Waals surface area contributed by atoms with Crippen molar-refractivity contribution in [3.8, 4) is 5.82 Å². The normalized spacial score (nSPS) is 19.4. The average molecular weight is 434 g/mol. The molecule has 5 heterocycles. The van der Waals surface area contributed by atoms with Crippen LogP contribution in [-0.4, -0.2) is 51.9 Å². The van der Waals surface area contributed by atoms with Crippen molar-refractivity contribution in [2.75, 3.05) is 24.5 Å². The molecule has 1 atom stereocenters. The minimum absolute atomic E-state index is 0.0457. The molecular formula is C24H27N5O3. The Balaban J connectivity index is 1.56.